The molecule has 0 bridgehead atoms. The van der Waals surface area contributed by atoms with Gasteiger partial charge in [0.25, 0.3) is 0 Å². The van der Waals surface area contributed by atoms with Gasteiger partial charge in [-0.25, -0.2) is 0 Å². The molecule has 0 aromatic carbocycles. The quantitative estimate of drug-likeness (QED) is 0.431. The molecule has 0 aliphatic rings. The zero-order valence-electron chi connectivity index (χ0n) is 5.84. The van der Waals surface area contributed by atoms with Crippen molar-refractivity contribution in [1.29, 1.82) is 0 Å². The summed E-state index contributed by atoms with van der Waals surface area (Å²) >= 11 is 0. The molecule has 0 aromatic rings. The van der Waals surface area contributed by atoms with E-state index in [1.807, 2.05) is 0 Å². The summed E-state index contributed by atoms with van der Waals surface area (Å²) < 4.78 is 11.5. The van der Waals surface area contributed by atoms with Crippen LogP contribution in [0, 0.1) is 0 Å². The summed E-state index contributed by atoms with van der Waals surface area (Å²) in [4.78, 5) is 0. The zero-order chi connectivity index (χ0) is 7.11. The van der Waals surface area contributed by atoms with Crippen LogP contribution in [0.5, 0.6) is 0 Å². The fourth-order valence-electron chi connectivity index (χ4n) is 0.287. The van der Waals surface area contributed by atoms with Crippen LogP contribution >= 0.6 is 0 Å². The molecule has 48 valence electrons. The molecule has 0 heterocycles. The van der Waals surface area contributed by atoms with E-state index < -0.39 is 6.10 Å². The van der Waals surface area contributed by atoms with Crippen LogP contribution in [0.2, 0.25) is 0 Å². The fourth-order valence-corrected chi connectivity index (χ4v) is 0.287. The molecule has 0 aromatic heterocycles. The van der Waals surface area contributed by atoms with Gasteiger partial charge in [-0.2, -0.15) is 0 Å². The molecule has 0 rings (SSSR count). The Balaban J connectivity index is 2.96. The fraction of sp³-hybridized carbons (Fsp3) is 0.667. The molecule has 0 spiro atoms. The number of rotatable bonds is 4. The van der Waals surface area contributed by atoms with Crippen molar-refractivity contribution in [2.24, 2.45) is 0 Å². The number of ether oxygens (including phenoxy) is 1. The lowest BCUT2D eigenvalue weighted by Gasteiger charge is -2.01. The van der Waals surface area contributed by atoms with Crippen molar-refractivity contribution >= 4 is 0 Å². The third-order valence-electron chi connectivity index (χ3n) is 0.546. The second-order valence-electron chi connectivity index (χ2n) is 1.48. The molecule has 2 nitrogen and oxygen atoms in total. The Labute approximate surface area is 51.2 Å². The average Bonchev–Trinajstić information content (AvgIpc) is 1.89. The van der Waals surface area contributed by atoms with E-state index in [0.29, 0.717) is 6.61 Å². The molecule has 0 amide bonds. The molecular formula is C6H12O2. The molecule has 8 heavy (non-hydrogen) atoms. The van der Waals surface area contributed by atoms with Crippen molar-refractivity contribution in [2.75, 3.05) is 13.2 Å². The third kappa shape index (κ3) is 5.66. The molecule has 0 saturated heterocycles. The summed E-state index contributed by atoms with van der Waals surface area (Å²) in [6.45, 7) is 4.10. The first-order chi connectivity index (χ1) is 4.31. The highest BCUT2D eigenvalue weighted by atomic mass is 16.5. The van der Waals surface area contributed by atoms with Gasteiger partial charge in [-0.05, 0) is 6.90 Å². The number of hydrogen-bond acceptors (Lipinski definition) is 2. The molecule has 2 heteroatoms. The first-order valence-corrected chi connectivity index (χ1v) is 2.47. The summed E-state index contributed by atoms with van der Waals surface area (Å²) in [5.74, 6) is 0. The molecule has 1 N–H and O–H groups in total. The Bertz CT molecular complexity index is 75.5. The van der Waals surface area contributed by atoms with Crippen molar-refractivity contribution in [2.45, 2.75) is 13.0 Å². The highest BCUT2D eigenvalue weighted by Gasteiger charge is 1.90. The molecule has 0 saturated carbocycles. The van der Waals surface area contributed by atoms with E-state index in [4.69, 9.17) is 11.2 Å². The number of hydrogen-bond donors (Lipinski definition) is 1. The van der Waals surface area contributed by atoms with Crippen LogP contribution < -0.4 is 0 Å². The molecule has 0 aliphatic carbocycles. The van der Waals surface area contributed by atoms with Crippen molar-refractivity contribution in [3.05, 3.63) is 12.7 Å². The lowest BCUT2D eigenvalue weighted by Crippen LogP contribution is -2.09. The Hall–Kier alpha value is -0.340. The largest absolute Gasteiger partial charge is 0.391 e. The maximum Gasteiger partial charge on any atom is 0.0745 e. The van der Waals surface area contributed by atoms with Crippen molar-refractivity contribution < 1.29 is 11.2 Å². The predicted molar refractivity (Wildman–Crippen MR) is 32.7 cm³/mol. The zero-order valence-corrected chi connectivity index (χ0v) is 4.84. The molecule has 0 radical (unpaired) electrons. The highest BCUT2D eigenvalue weighted by Crippen LogP contribution is 1.81. The van der Waals surface area contributed by atoms with E-state index in [-0.39, 0.29) is 13.5 Å². The van der Waals surface area contributed by atoms with Gasteiger partial charge in [0.1, 0.15) is 0 Å². The molecule has 0 fully saturated rings. The Morgan fingerprint density at radius 1 is 2.12 bits per heavy atom. The molecule has 0 unspecified atom stereocenters. The minimum Gasteiger partial charge on any atom is -0.391 e. The van der Waals surface area contributed by atoms with Gasteiger partial charge in [0.15, 0.2) is 0 Å². The van der Waals surface area contributed by atoms with Crippen molar-refractivity contribution in [1.82, 2.24) is 0 Å². The second-order valence-corrected chi connectivity index (χ2v) is 1.48. The SMILES string of the molecule is [2H]C[C@H](O)COCC=C. The van der Waals surface area contributed by atoms with E-state index in [1.165, 1.54) is 0 Å². The standard InChI is InChI=1S/C6H12O2/c1-3-4-8-5-6(2)7/h3,6-7H,1,4-5H2,2H3/t6-/m0/s1/i2D. The summed E-state index contributed by atoms with van der Waals surface area (Å²) in [7, 11) is 0. The number of aliphatic hydroxyl groups is 1. The molecule has 0 aliphatic heterocycles. The highest BCUT2D eigenvalue weighted by molar-refractivity contribution is 4.63. The van der Waals surface area contributed by atoms with Crippen LogP contribution in [0.1, 0.15) is 8.27 Å². The summed E-state index contributed by atoms with van der Waals surface area (Å²) in [5, 5.41) is 8.74. The van der Waals surface area contributed by atoms with E-state index in [1.54, 1.807) is 6.08 Å². The Morgan fingerprint density at radius 2 is 2.88 bits per heavy atom. The van der Waals surface area contributed by atoms with Gasteiger partial charge >= 0.3 is 0 Å². The van der Waals surface area contributed by atoms with E-state index >= 15 is 0 Å². The lowest BCUT2D eigenvalue weighted by atomic mass is 10.4. The summed E-state index contributed by atoms with van der Waals surface area (Å²) in [6.07, 6.45) is 0.960. The van der Waals surface area contributed by atoms with E-state index in [2.05, 4.69) is 6.58 Å². The van der Waals surface area contributed by atoms with Gasteiger partial charge in [-0.1, -0.05) is 6.08 Å². The molecular weight excluding hydrogens is 104 g/mol. The van der Waals surface area contributed by atoms with Gasteiger partial charge in [-0.15, -0.1) is 6.58 Å². The summed E-state index contributed by atoms with van der Waals surface area (Å²) in [6, 6.07) is 0. The predicted octanol–water partition coefficient (Wildman–Crippen LogP) is 0.570. The first kappa shape index (κ1) is 5.79. The van der Waals surface area contributed by atoms with Crippen LogP contribution in [-0.2, 0) is 4.74 Å². The average molecular weight is 117 g/mol. The minimum atomic E-state index is -0.648. The maximum atomic E-state index is 8.74. The van der Waals surface area contributed by atoms with Crippen LogP contribution in [-0.4, -0.2) is 24.4 Å². The first-order valence-electron chi connectivity index (χ1n) is 3.18. The van der Waals surface area contributed by atoms with Crippen LogP contribution in [0.4, 0.5) is 0 Å². The Kier molecular flexibility index (Phi) is 3.48. The van der Waals surface area contributed by atoms with Crippen LogP contribution in [0.25, 0.3) is 0 Å². The van der Waals surface area contributed by atoms with Crippen molar-refractivity contribution in [3.8, 4) is 0 Å². The normalized spacial score (nSPS) is 14.9. The van der Waals surface area contributed by atoms with Gasteiger partial charge in [-0.3, -0.25) is 0 Å². The maximum absolute atomic E-state index is 8.74. The van der Waals surface area contributed by atoms with Gasteiger partial charge in [0.2, 0.25) is 0 Å². The summed E-state index contributed by atoms with van der Waals surface area (Å²) in [5.41, 5.74) is 0. The third-order valence-corrected chi connectivity index (χ3v) is 0.546. The van der Waals surface area contributed by atoms with Gasteiger partial charge < -0.3 is 9.84 Å². The van der Waals surface area contributed by atoms with E-state index in [9.17, 15) is 0 Å². The second kappa shape index (κ2) is 4.81. The van der Waals surface area contributed by atoms with Crippen LogP contribution in [0.15, 0.2) is 12.7 Å². The Morgan fingerprint density at radius 3 is 3.38 bits per heavy atom. The topological polar surface area (TPSA) is 29.5 Å². The molecule has 1 atom stereocenters. The smallest absolute Gasteiger partial charge is 0.0745 e. The van der Waals surface area contributed by atoms with Gasteiger partial charge in [0.05, 0.1) is 19.3 Å². The van der Waals surface area contributed by atoms with Gasteiger partial charge in [0, 0.05) is 1.37 Å². The minimum absolute atomic E-state index is 0.00283. The monoisotopic (exact) mass is 117 g/mol. The number of aliphatic hydroxyl groups excluding tert-OH is 1. The van der Waals surface area contributed by atoms with Crippen LogP contribution in [0.3, 0.4) is 0 Å². The van der Waals surface area contributed by atoms with Crippen molar-refractivity contribution in [3.63, 3.8) is 0 Å². The van der Waals surface area contributed by atoms with E-state index in [0.717, 1.165) is 0 Å². The lowest BCUT2D eigenvalue weighted by molar-refractivity contribution is 0.0599.